The van der Waals surface area contributed by atoms with E-state index in [2.05, 4.69) is 20.3 Å². The van der Waals surface area contributed by atoms with Crippen molar-refractivity contribution < 1.29 is 22.3 Å². The molecule has 0 aliphatic heterocycles. The summed E-state index contributed by atoms with van der Waals surface area (Å²) in [5.41, 5.74) is 0. The highest BCUT2D eigenvalue weighted by atomic mass is 19.3. The molecule has 0 radical (unpaired) electrons. The Labute approximate surface area is 113 Å². The van der Waals surface area contributed by atoms with E-state index < -0.39 is 18.9 Å². The molecule has 2 N–H and O–H groups in total. The number of anilines is 2. The Hall–Kier alpha value is -1.87. The summed E-state index contributed by atoms with van der Waals surface area (Å²) in [6.07, 6.45) is -3.07. The fraction of sp³-hybridized carbons (Fsp3) is 0.700. The monoisotopic (exact) mass is 297 g/mol. The van der Waals surface area contributed by atoms with Gasteiger partial charge in [-0.15, -0.1) is 0 Å². The molecule has 0 atom stereocenters. The number of halogens is 4. The summed E-state index contributed by atoms with van der Waals surface area (Å²) in [6.45, 7) is 0.910. The lowest BCUT2D eigenvalue weighted by atomic mass is 10.3. The maximum atomic E-state index is 12.8. The van der Waals surface area contributed by atoms with Crippen LogP contribution in [0.3, 0.4) is 0 Å². The summed E-state index contributed by atoms with van der Waals surface area (Å²) in [7, 11) is 1.51. The van der Waals surface area contributed by atoms with E-state index in [0.717, 1.165) is 0 Å². The molecule has 0 amide bonds. The summed E-state index contributed by atoms with van der Waals surface area (Å²) < 4.78 is 54.8. The van der Waals surface area contributed by atoms with Crippen LogP contribution in [0.1, 0.15) is 13.3 Å². The van der Waals surface area contributed by atoms with Gasteiger partial charge in [0, 0.05) is 7.05 Å². The third-order valence-electron chi connectivity index (χ3n) is 2.08. The largest absolute Gasteiger partial charge is 0.463 e. The summed E-state index contributed by atoms with van der Waals surface area (Å²) >= 11 is 0. The molecule has 0 bridgehead atoms. The quantitative estimate of drug-likeness (QED) is 0.715. The molecule has 0 aromatic carbocycles. The fourth-order valence-electron chi connectivity index (χ4n) is 1.08. The van der Waals surface area contributed by atoms with Crippen LogP contribution >= 0.6 is 0 Å². The first-order chi connectivity index (χ1) is 9.39. The molecule has 0 fully saturated rings. The van der Waals surface area contributed by atoms with Gasteiger partial charge < -0.3 is 15.4 Å². The molecule has 0 spiro atoms. The first-order valence-corrected chi connectivity index (χ1v) is 5.85. The molecule has 1 aromatic heterocycles. The number of rotatable bonds is 8. The maximum absolute atomic E-state index is 12.8. The Bertz CT molecular complexity index is 432. The minimum atomic E-state index is -4.17. The molecule has 1 heterocycles. The van der Waals surface area contributed by atoms with E-state index in [1.807, 2.05) is 12.2 Å². The van der Waals surface area contributed by atoms with Crippen LogP contribution in [0.5, 0.6) is 6.01 Å². The average molecular weight is 297 g/mol. The zero-order chi connectivity index (χ0) is 15.2. The number of hydrogen-bond donors (Lipinski definition) is 2. The highest BCUT2D eigenvalue weighted by Gasteiger charge is 2.40. The van der Waals surface area contributed by atoms with Gasteiger partial charge in [-0.1, -0.05) is 6.92 Å². The minimum absolute atomic E-state index is 0.0749. The number of alkyl halides is 4. The van der Waals surface area contributed by atoms with Crippen molar-refractivity contribution >= 4 is 11.9 Å². The summed E-state index contributed by atoms with van der Waals surface area (Å²) in [5, 5.41) is 4.63. The number of nitrogens with one attached hydrogen (secondary N) is 2. The molecular formula is C10H15F4N5O. The zero-order valence-corrected chi connectivity index (χ0v) is 11.0. The van der Waals surface area contributed by atoms with Crippen LogP contribution in [0.2, 0.25) is 0 Å². The summed E-state index contributed by atoms with van der Waals surface area (Å²) in [4.78, 5) is 11.3. The summed E-state index contributed by atoms with van der Waals surface area (Å²) in [6, 6.07) is -0.0749. The molecule has 0 saturated heterocycles. The molecule has 1 aromatic rings. The van der Waals surface area contributed by atoms with Crippen LogP contribution in [0, 0.1) is 0 Å². The van der Waals surface area contributed by atoms with Crippen molar-refractivity contribution in [2.75, 3.05) is 30.8 Å². The summed E-state index contributed by atoms with van der Waals surface area (Å²) in [5.74, 6) is -4.36. The second-order valence-electron chi connectivity index (χ2n) is 3.78. The molecule has 10 heteroatoms. The zero-order valence-electron chi connectivity index (χ0n) is 11.0. The number of ether oxygens (including phenoxy) is 1. The standard InChI is InChI=1S/C10H15F4N5O/c1-3-4-20-9-18-7(15-2)17-8(19-9)16-5-10(13,14)6(11)12/h6H,3-5H2,1-2H3,(H2,15,16,17,18,19). The molecular weight excluding hydrogens is 282 g/mol. The van der Waals surface area contributed by atoms with Gasteiger partial charge in [0.15, 0.2) is 0 Å². The first kappa shape index (κ1) is 16.2. The lowest BCUT2D eigenvalue weighted by Gasteiger charge is -2.16. The van der Waals surface area contributed by atoms with Gasteiger partial charge in [-0.2, -0.15) is 23.7 Å². The van der Waals surface area contributed by atoms with E-state index in [1.54, 1.807) is 0 Å². The van der Waals surface area contributed by atoms with Gasteiger partial charge in [-0.25, -0.2) is 8.78 Å². The van der Waals surface area contributed by atoms with Crippen LogP contribution in [0.15, 0.2) is 0 Å². The van der Waals surface area contributed by atoms with Crippen molar-refractivity contribution in [1.29, 1.82) is 0 Å². The van der Waals surface area contributed by atoms with Crippen molar-refractivity contribution in [2.24, 2.45) is 0 Å². The van der Waals surface area contributed by atoms with Crippen molar-refractivity contribution in [1.82, 2.24) is 15.0 Å². The topological polar surface area (TPSA) is 72.0 Å². The lowest BCUT2D eigenvalue weighted by molar-refractivity contribution is -0.117. The Morgan fingerprint density at radius 2 is 1.85 bits per heavy atom. The highest BCUT2D eigenvalue weighted by molar-refractivity contribution is 5.35. The Kier molecular flexibility index (Phi) is 5.71. The Balaban J connectivity index is 2.78. The number of hydrogen-bond acceptors (Lipinski definition) is 6. The van der Waals surface area contributed by atoms with Crippen LogP contribution in [0.4, 0.5) is 29.5 Å². The Morgan fingerprint density at radius 3 is 2.40 bits per heavy atom. The lowest BCUT2D eigenvalue weighted by Crippen LogP contribution is -2.35. The smallest absolute Gasteiger partial charge is 0.324 e. The van der Waals surface area contributed by atoms with E-state index in [4.69, 9.17) is 4.74 Å². The van der Waals surface area contributed by atoms with Gasteiger partial charge in [0.1, 0.15) is 0 Å². The van der Waals surface area contributed by atoms with Crippen LogP contribution in [-0.4, -0.2) is 47.5 Å². The fourth-order valence-corrected chi connectivity index (χ4v) is 1.08. The molecule has 0 saturated carbocycles. The van der Waals surface area contributed by atoms with Crippen molar-refractivity contribution in [3.63, 3.8) is 0 Å². The molecule has 114 valence electrons. The second-order valence-corrected chi connectivity index (χ2v) is 3.78. The highest BCUT2D eigenvalue weighted by Crippen LogP contribution is 2.23. The molecule has 0 aliphatic rings. The molecule has 6 nitrogen and oxygen atoms in total. The third kappa shape index (κ3) is 4.67. The number of nitrogens with zero attached hydrogens (tertiary/aromatic N) is 3. The average Bonchev–Trinajstić information content (AvgIpc) is 2.42. The van der Waals surface area contributed by atoms with Crippen LogP contribution < -0.4 is 15.4 Å². The van der Waals surface area contributed by atoms with E-state index in [1.165, 1.54) is 7.05 Å². The third-order valence-corrected chi connectivity index (χ3v) is 2.08. The van der Waals surface area contributed by atoms with Crippen molar-refractivity contribution in [3.8, 4) is 6.01 Å². The van der Waals surface area contributed by atoms with E-state index in [9.17, 15) is 17.6 Å². The van der Waals surface area contributed by atoms with Crippen molar-refractivity contribution in [2.45, 2.75) is 25.7 Å². The number of aromatic nitrogens is 3. The van der Waals surface area contributed by atoms with Gasteiger partial charge in [0.05, 0.1) is 13.2 Å². The van der Waals surface area contributed by atoms with Crippen molar-refractivity contribution in [3.05, 3.63) is 0 Å². The second kappa shape index (κ2) is 7.06. The molecule has 0 unspecified atom stereocenters. The van der Waals surface area contributed by atoms with E-state index in [0.29, 0.717) is 13.0 Å². The maximum Gasteiger partial charge on any atom is 0.324 e. The van der Waals surface area contributed by atoms with Crippen LogP contribution in [0.25, 0.3) is 0 Å². The minimum Gasteiger partial charge on any atom is -0.463 e. The van der Waals surface area contributed by atoms with E-state index in [-0.39, 0.29) is 17.9 Å². The first-order valence-electron chi connectivity index (χ1n) is 5.85. The Morgan fingerprint density at radius 1 is 1.20 bits per heavy atom. The van der Waals surface area contributed by atoms with Crippen LogP contribution in [-0.2, 0) is 0 Å². The predicted octanol–water partition coefficient (Wildman–Crippen LogP) is 2.01. The van der Waals surface area contributed by atoms with E-state index >= 15 is 0 Å². The molecule has 1 rings (SSSR count). The SMILES string of the molecule is CCCOc1nc(NC)nc(NCC(F)(F)C(F)F)n1. The normalized spacial score (nSPS) is 11.6. The van der Waals surface area contributed by atoms with Gasteiger partial charge in [-0.3, -0.25) is 0 Å². The molecule has 0 aliphatic carbocycles. The predicted molar refractivity (Wildman–Crippen MR) is 64.6 cm³/mol. The van der Waals surface area contributed by atoms with Gasteiger partial charge >= 0.3 is 18.4 Å². The van der Waals surface area contributed by atoms with Gasteiger partial charge in [0.25, 0.3) is 0 Å². The molecule has 20 heavy (non-hydrogen) atoms. The van der Waals surface area contributed by atoms with Gasteiger partial charge in [-0.05, 0) is 6.42 Å². The van der Waals surface area contributed by atoms with Gasteiger partial charge in [0.2, 0.25) is 11.9 Å².